The van der Waals surface area contributed by atoms with Crippen molar-refractivity contribution in [2.45, 2.75) is 13.5 Å². The van der Waals surface area contributed by atoms with Gasteiger partial charge in [0, 0.05) is 36.5 Å². The molecule has 0 saturated heterocycles. The quantitative estimate of drug-likeness (QED) is 0.710. The number of rotatable bonds is 5. The van der Waals surface area contributed by atoms with E-state index < -0.39 is 17.5 Å². The fourth-order valence-electron chi connectivity index (χ4n) is 2.68. The van der Waals surface area contributed by atoms with Gasteiger partial charge in [-0.2, -0.15) is 0 Å². The van der Waals surface area contributed by atoms with Gasteiger partial charge in [-0.15, -0.1) is 0 Å². The standard InChI is InChI=1S/C21H18F2N2O3/c1-13-5-6-14(10-18(13)24-20(26)19-4-3-9-28-19)21(27)25(2)12-15-7-8-16(22)11-17(15)23/h3-11H,12H2,1-2H3,(H,24,26). The monoisotopic (exact) mass is 384 g/mol. The summed E-state index contributed by atoms with van der Waals surface area (Å²) >= 11 is 0. The van der Waals surface area contributed by atoms with Gasteiger partial charge in [0.1, 0.15) is 11.6 Å². The smallest absolute Gasteiger partial charge is 0.291 e. The second-order valence-corrected chi connectivity index (χ2v) is 6.36. The summed E-state index contributed by atoms with van der Waals surface area (Å²) in [5, 5.41) is 2.71. The molecule has 5 nitrogen and oxygen atoms in total. The van der Waals surface area contributed by atoms with Crippen molar-refractivity contribution in [1.82, 2.24) is 4.90 Å². The normalized spacial score (nSPS) is 10.6. The van der Waals surface area contributed by atoms with Crippen LogP contribution in [0.25, 0.3) is 0 Å². The van der Waals surface area contributed by atoms with Crippen LogP contribution in [0.2, 0.25) is 0 Å². The van der Waals surface area contributed by atoms with E-state index in [4.69, 9.17) is 4.42 Å². The fourth-order valence-corrected chi connectivity index (χ4v) is 2.68. The van der Waals surface area contributed by atoms with Gasteiger partial charge in [0.05, 0.1) is 6.26 Å². The second kappa shape index (κ2) is 8.04. The van der Waals surface area contributed by atoms with E-state index in [1.807, 2.05) is 0 Å². The van der Waals surface area contributed by atoms with Crippen LogP contribution < -0.4 is 5.32 Å². The van der Waals surface area contributed by atoms with E-state index in [2.05, 4.69) is 5.32 Å². The molecule has 0 radical (unpaired) electrons. The lowest BCUT2D eigenvalue weighted by Crippen LogP contribution is -2.27. The maximum atomic E-state index is 13.8. The molecule has 0 aliphatic carbocycles. The van der Waals surface area contributed by atoms with Crippen LogP contribution in [-0.2, 0) is 6.54 Å². The molecule has 7 heteroatoms. The summed E-state index contributed by atoms with van der Waals surface area (Å²) in [5.41, 5.74) is 1.76. The third-order valence-electron chi connectivity index (χ3n) is 4.25. The molecule has 0 spiro atoms. The summed E-state index contributed by atoms with van der Waals surface area (Å²) < 4.78 is 31.9. The van der Waals surface area contributed by atoms with Gasteiger partial charge in [-0.25, -0.2) is 8.78 Å². The highest BCUT2D eigenvalue weighted by Gasteiger charge is 2.17. The van der Waals surface area contributed by atoms with Crippen LogP contribution in [0.1, 0.15) is 32.0 Å². The first-order valence-electron chi connectivity index (χ1n) is 8.50. The van der Waals surface area contributed by atoms with Crippen molar-refractivity contribution in [3.63, 3.8) is 0 Å². The number of benzene rings is 2. The Morgan fingerprint density at radius 1 is 1.11 bits per heavy atom. The Bertz CT molecular complexity index is 1020. The van der Waals surface area contributed by atoms with Crippen molar-refractivity contribution in [3.05, 3.63) is 88.9 Å². The first-order valence-corrected chi connectivity index (χ1v) is 8.50. The average Bonchev–Trinajstić information content (AvgIpc) is 3.20. The Morgan fingerprint density at radius 2 is 1.89 bits per heavy atom. The Labute approximate surface area is 160 Å². The lowest BCUT2D eigenvalue weighted by molar-refractivity contribution is 0.0783. The molecule has 0 aliphatic heterocycles. The number of nitrogens with zero attached hydrogens (tertiary/aromatic N) is 1. The number of hydrogen-bond donors (Lipinski definition) is 1. The van der Waals surface area contributed by atoms with E-state index in [0.29, 0.717) is 11.3 Å². The SMILES string of the molecule is Cc1ccc(C(=O)N(C)Cc2ccc(F)cc2F)cc1NC(=O)c1ccco1. The van der Waals surface area contributed by atoms with Crippen LogP contribution in [0.3, 0.4) is 0 Å². The molecule has 144 valence electrons. The Hall–Kier alpha value is -3.48. The zero-order chi connectivity index (χ0) is 20.3. The predicted molar refractivity (Wildman–Crippen MR) is 100.0 cm³/mol. The Kier molecular flexibility index (Phi) is 5.54. The summed E-state index contributed by atoms with van der Waals surface area (Å²) in [6.45, 7) is 1.77. The van der Waals surface area contributed by atoms with Crippen molar-refractivity contribution >= 4 is 17.5 Å². The van der Waals surface area contributed by atoms with Gasteiger partial charge in [0.2, 0.25) is 0 Å². The van der Waals surface area contributed by atoms with Gasteiger partial charge >= 0.3 is 0 Å². The molecule has 1 N–H and O–H groups in total. The van der Waals surface area contributed by atoms with E-state index >= 15 is 0 Å². The molecule has 2 amide bonds. The van der Waals surface area contributed by atoms with E-state index in [9.17, 15) is 18.4 Å². The summed E-state index contributed by atoms with van der Waals surface area (Å²) in [6.07, 6.45) is 1.39. The van der Waals surface area contributed by atoms with Gasteiger partial charge in [0.25, 0.3) is 11.8 Å². The molecule has 3 rings (SSSR count). The number of aryl methyl sites for hydroxylation is 1. The fraction of sp³-hybridized carbons (Fsp3) is 0.143. The second-order valence-electron chi connectivity index (χ2n) is 6.36. The zero-order valence-electron chi connectivity index (χ0n) is 15.3. The topological polar surface area (TPSA) is 62.6 Å². The minimum absolute atomic E-state index is 0.0209. The maximum absolute atomic E-state index is 13.8. The number of nitrogens with one attached hydrogen (secondary N) is 1. The Balaban J connectivity index is 1.77. The number of furan rings is 1. The highest BCUT2D eigenvalue weighted by Crippen LogP contribution is 2.20. The zero-order valence-corrected chi connectivity index (χ0v) is 15.3. The van der Waals surface area contributed by atoms with E-state index in [-0.39, 0.29) is 23.8 Å². The molecular weight excluding hydrogens is 366 g/mol. The van der Waals surface area contributed by atoms with Crippen molar-refractivity contribution < 1.29 is 22.8 Å². The van der Waals surface area contributed by atoms with Crippen LogP contribution in [0, 0.1) is 18.6 Å². The van der Waals surface area contributed by atoms with Gasteiger partial charge in [-0.05, 0) is 42.8 Å². The predicted octanol–water partition coefficient (Wildman–Crippen LogP) is 4.39. The minimum atomic E-state index is -0.713. The van der Waals surface area contributed by atoms with Crippen LogP contribution in [0.4, 0.5) is 14.5 Å². The summed E-state index contributed by atoms with van der Waals surface area (Å²) in [6, 6.07) is 11.2. The summed E-state index contributed by atoms with van der Waals surface area (Å²) in [4.78, 5) is 26.2. The number of carbonyl (C=O) groups excluding carboxylic acids is 2. The van der Waals surface area contributed by atoms with Gasteiger partial charge in [-0.3, -0.25) is 9.59 Å². The minimum Gasteiger partial charge on any atom is -0.459 e. The molecule has 1 aromatic heterocycles. The van der Waals surface area contributed by atoms with Crippen molar-refractivity contribution in [3.8, 4) is 0 Å². The summed E-state index contributed by atoms with van der Waals surface area (Å²) in [7, 11) is 1.52. The third kappa shape index (κ3) is 4.25. The molecule has 28 heavy (non-hydrogen) atoms. The molecule has 0 unspecified atom stereocenters. The third-order valence-corrected chi connectivity index (χ3v) is 4.25. The first-order chi connectivity index (χ1) is 13.3. The highest BCUT2D eigenvalue weighted by molar-refractivity contribution is 6.03. The largest absolute Gasteiger partial charge is 0.459 e. The van der Waals surface area contributed by atoms with Gasteiger partial charge in [-0.1, -0.05) is 12.1 Å². The molecule has 0 fully saturated rings. The number of halogens is 2. The average molecular weight is 384 g/mol. The lowest BCUT2D eigenvalue weighted by Gasteiger charge is -2.19. The van der Waals surface area contributed by atoms with Crippen molar-refractivity contribution in [2.24, 2.45) is 0 Å². The highest BCUT2D eigenvalue weighted by atomic mass is 19.1. The molecule has 0 bridgehead atoms. The van der Waals surface area contributed by atoms with E-state index in [0.717, 1.165) is 17.7 Å². The number of hydrogen-bond acceptors (Lipinski definition) is 3. The van der Waals surface area contributed by atoms with Crippen LogP contribution in [-0.4, -0.2) is 23.8 Å². The first kappa shape index (κ1) is 19.3. The molecule has 3 aromatic rings. The van der Waals surface area contributed by atoms with E-state index in [1.165, 1.54) is 30.3 Å². The lowest BCUT2D eigenvalue weighted by atomic mass is 10.1. The molecule has 0 aliphatic rings. The molecular formula is C21H18F2N2O3. The van der Waals surface area contributed by atoms with Gasteiger partial charge in [0.15, 0.2) is 5.76 Å². The van der Waals surface area contributed by atoms with Crippen molar-refractivity contribution in [2.75, 3.05) is 12.4 Å². The number of amides is 2. The van der Waals surface area contributed by atoms with Crippen LogP contribution in [0.15, 0.2) is 59.2 Å². The van der Waals surface area contributed by atoms with E-state index in [1.54, 1.807) is 31.2 Å². The molecule has 1 heterocycles. The Morgan fingerprint density at radius 3 is 2.57 bits per heavy atom. The van der Waals surface area contributed by atoms with Crippen molar-refractivity contribution in [1.29, 1.82) is 0 Å². The van der Waals surface area contributed by atoms with Crippen LogP contribution in [0.5, 0.6) is 0 Å². The number of carbonyl (C=O) groups is 2. The maximum Gasteiger partial charge on any atom is 0.291 e. The molecule has 0 atom stereocenters. The van der Waals surface area contributed by atoms with Gasteiger partial charge < -0.3 is 14.6 Å². The summed E-state index contributed by atoms with van der Waals surface area (Å²) in [5.74, 6) is -2.03. The number of anilines is 1. The van der Waals surface area contributed by atoms with Crippen LogP contribution >= 0.6 is 0 Å². The molecule has 0 saturated carbocycles. The molecule has 2 aromatic carbocycles.